The monoisotopic (exact) mass is 278 g/mol. The Balaban J connectivity index is 2.28. The number of anilines is 3. The van der Waals surface area contributed by atoms with Gasteiger partial charge >= 0.3 is 0 Å². The van der Waals surface area contributed by atoms with Gasteiger partial charge in [-0.05, 0) is 30.3 Å². The van der Waals surface area contributed by atoms with Gasteiger partial charge in [0.2, 0.25) is 0 Å². The Morgan fingerprint density at radius 3 is 2.37 bits per heavy atom. The molecule has 4 nitrogen and oxygen atoms in total. The van der Waals surface area contributed by atoms with Crippen LogP contribution in [0.1, 0.15) is 0 Å². The number of nitrogens with two attached hydrogens (primary N) is 1. The Labute approximate surface area is 117 Å². The highest BCUT2D eigenvalue weighted by molar-refractivity contribution is 6.33. The number of nitrogen functional groups attached to an aromatic ring is 1. The second-order valence-corrected chi connectivity index (χ2v) is 4.34. The van der Waals surface area contributed by atoms with E-state index in [9.17, 15) is 0 Å². The summed E-state index contributed by atoms with van der Waals surface area (Å²) in [5.41, 5.74) is 7.92. The Bertz CT molecular complexity index is 588. The molecule has 0 unspecified atom stereocenters. The number of hydrogen-bond acceptors (Lipinski definition) is 4. The highest BCUT2D eigenvalue weighted by atomic mass is 35.5. The van der Waals surface area contributed by atoms with Crippen LogP contribution < -0.4 is 20.5 Å². The van der Waals surface area contributed by atoms with E-state index in [1.165, 1.54) is 0 Å². The van der Waals surface area contributed by atoms with Crippen LogP contribution in [0.15, 0.2) is 36.4 Å². The Morgan fingerprint density at radius 1 is 1.00 bits per heavy atom. The van der Waals surface area contributed by atoms with Crippen LogP contribution in [0.2, 0.25) is 5.02 Å². The van der Waals surface area contributed by atoms with E-state index in [1.807, 2.05) is 24.3 Å². The first-order valence-corrected chi connectivity index (χ1v) is 6.06. The lowest BCUT2D eigenvalue weighted by Gasteiger charge is -2.12. The molecular weight excluding hydrogens is 264 g/mol. The van der Waals surface area contributed by atoms with Crippen LogP contribution in [0.5, 0.6) is 11.5 Å². The lowest BCUT2D eigenvalue weighted by Crippen LogP contribution is -1.95. The number of rotatable bonds is 4. The quantitative estimate of drug-likeness (QED) is 0.838. The maximum absolute atomic E-state index is 6.11. The summed E-state index contributed by atoms with van der Waals surface area (Å²) in [6, 6.07) is 10.9. The zero-order chi connectivity index (χ0) is 13.8. The summed E-state index contributed by atoms with van der Waals surface area (Å²) in [4.78, 5) is 0. The molecule has 100 valence electrons. The molecule has 3 N–H and O–H groups in total. The predicted octanol–water partition coefficient (Wildman–Crippen LogP) is 3.68. The second-order valence-electron chi connectivity index (χ2n) is 3.93. The van der Waals surface area contributed by atoms with Crippen molar-refractivity contribution in [2.75, 3.05) is 25.3 Å². The molecule has 2 aromatic rings. The van der Waals surface area contributed by atoms with Crippen LogP contribution in [0.4, 0.5) is 17.1 Å². The molecule has 0 aliphatic carbocycles. The van der Waals surface area contributed by atoms with Crippen molar-refractivity contribution in [2.24, 2.45) is 0 Å². The van der Waals surface area contributed by atoms with Crippen molar-refractivity contribution < 1.29 is 9.47 Å². The van der Waals surface area contributed by atoms with Crippen molar-refractivity contribution >= 4 is 28.7 Å². The van der Waals surface area contributed by atoms with Gasteiger partial charge in [0.25, 0.3) is 0 Å². The third-order valence-corrected chi connectivity index (χ3v) is 2.97. The van der Waals surface area contributed by atoms with Crippen molar-refractivity contribution in [1.29, 1.82) is 0 Å². The number of benzene rings is 2. The van der Waals surface area contributed by atoms with Gasteiger partial charge in [-0.2, -0.15) is 0 Å². The summed E-state index contributed by atoms with van der Waals surface area (Å²) in [5, 5.41) is 3.77. The standard InChI is InChI=1S/C14H15ClN2O2/c1-18-13-6-4-10(8-14(13)19-2)17-12-5-3-9(16)7-11(12)15/h3-8,17H,16H2,1-2H3. The maximum Gasteiger partial charge on any atom is 0.162 e. The minimum absolute atomic E-state index is 0.565. The highest BCUT2D eigenvalue weighted by Crippen LogP contribution is 2.33. The van der Waals surface area contributed by atoms with Gasteiger partial charge < -0.3 is 20.5 Å². The zero-order valence-corrected chi connectivity index (χ0v) is 11.5. The van der Waals surface area contributed by atoms with Crippen molar-refractivity contribution in [2.45, 2.75) is 0 Å². The molecule has 0 amide bonds. The second kappa shape index (κ2) is 5.71. The Morgan fingerprint density at radius 2 is 1.74 bits per heavy atom. The van der Waals surface area contributed by atoms with Gasteiger partial charge in [0, 0.05) is 17.4 Å². The summed E-state index contributed by atoms with van der Waals surface area (Å²) in [6.45, 7) is 0. The molecule has 0 saturated heterocycles. The van der Waals surface area contributed by atoms with E-state index in [-0.39, 0.29) is 0 Å². The van der Waals surface area contributed by atoms with Gasteiger partial charge in [-0.25, -0.2) is 0 Å². The van der Waals surface area contributed by atoms with Crippen molar-refractivity contribution in [1.82, 2.24) is 0 Å². The molecule has 19 heavy (non-hydrogen) atoms. The summed E-state index contributed by atoms with van der Waals surface area (Å²) in [5.74, 6) is 1.33. The summed E-state index contributed by atoms with van der Waals surface area (Å²) in [6.07, 6.45) is 0. The smallest absolute Gasteiger partial charge is 0.162 e. The topological polar surface area (TPSA) is 56.5 Å². The normalized spacial score (nSPS) is 10.1. The zero-order valence-electron chi connectivity index (χ0n) is 10.7. The maximum atomic E-state index is 6.11. The predicted molar refractivity (Wildman–Crippen MR) is 78.7 cm³/mol. The molecule has 5 heteroatoms. The third kappa shape index (κ3) is 3.03. The van der Waals surface area contributed by atoms with Gasteiger partial charge in [0.05, 0.1) is 24.9 Å². The lowest BCUT2D eigenvalue weighted by molar-refractivity contribution is 0.355. The van der Waals surface area contributed by atoms with Crippen molar-refractivity contribution in [3.8, 4) is 11.5 Å². The van der Waals surface area contributed by atoms with E-state index in [1.54, 1.807) is 26.4 Å². The van der Waals surface area contributed by atoms with E-state index in [0.717, 1.165) is 11.4 Å². The molecule has 0 atom stereocenters. The minimum atomic E-state index is 0.565. The molecular formula is C14H15ClN2O2. The minimum Gasteiger partial charge on any atom is -0.493 e. The Hall–Kier alpha value is -2.07. The molecule has 0 aliphatic heterocycles. The van der Waals surface area contributed by atoms with E-state index < -0.39 is 0 Å². The van der Waals surface area contributed by atoms with Crippen LogP contribution in [0.3, 0.4) is 0 Å². The van der Waals surface area contributed by atoms with E-state index in [0.29, 0.717) is 22.2 Å². The highest BCUT2D eigenvalue weighted by Gasteiger charge is 2.06. The summed E-state index contributed by atoms with van der Waals surface area (Å²) < 4.78 is 10.4. The van der Waals surface area contributed by atoms with E-state index in [4.69, 9.17) is 26.8 Å². The largest absolute Gasteiger partial charge is 0.493 e. The first-order valence-electron chi connectivity index (χ1n) is 5.68. The van der Waals surface area contributed by atoms with Crippen molar-refractivity contribution in [3.05, 3.63) is 41.4 Å². The first kappa shape index (κ1) is 13.4. The SMILES string of the molecule is COc1ccc(Nc2ccc(N)cc2Cl)cc1OC. The average molecular weight is 279 g/mol. The van der Waals surface area contributed by atoms with Gasteiger partial charge in [-0.15, -0.1) is 0 Å². The first-order chi connectivity index (χ1) is 9.13. The van der Waals surface area contributed by atoms with Crippen LogP contribution in [-0.2, 0) is 0 Å². The average Bonchev–Trinajstić information content (AvgIpc) is 2.41. The Kier molecular flexibility index (Phi) is 4.02. The number of methoxy groups -OCH3 is 2. The number of ether oxygens (including phenoxy) is 2. The van der Waals surface area contributed by atoms with Crippen LogP contribution in [0.25, 0.3) is 0 Å². The van der Waals surface area contributed by atoms with Gasteiger partial charge in [-0.3, -0.25) is 0 Å². The lowest BCUT2D eigenvalue weighted by atomic mass is 10.2. The van der Waals surface area contributed by atoms with Crippen LogP contribution >= 0.6 is 11.6 Å². The summed E-state index contributed by atoms with van der Waals surface area (Å²) in [7, 11) is 3.19. The van der Waals surface area contributed by atoms with Crippen LogP contribution in [-0.4, -0.2) is 14.2 Å². The number of hydrogen-bond donors (Lipinski definition) is 2. The fourth-order valence-corrected chi connectivity index (χ4v) is 1.94. The summed E-state index contributed by atoms with van der Waals surface area (Å²) >= 11 is 6.11. The molecule has 0 radical (unpaired) electrons. The van der Waals surface area contributed by atoms with Gasteiger partial charge in [0.15, 0.2) is 11.5 Å². The van der Waals surface area contributed by atoms with Crippen LogP contribution in [0, 0.1) is 0 Å². The third-order valence-electron chi connectivity index (χ3n) is 2.66. The van der Waals surface area contributed by atoms with E-state index >= 15 is 0 Å². The molecule has 0 bridgehead atoms. The molecule has 0 saturated carbocycles. The van der Waals surface area contributed by atoms with E-state index in [2.05, 4.69) is 5.32 Å². The molecule has 0 spiro atoms. The molecule has 0 aliphatic rings. The molecule has 2 rings (SSSR count). The fraction of sp³-hybridized carbons (Fsp3) is 0.143. The van der Waals surface area contributed by atoms with Gasteiger partial charge in [0.1, 0.15) is 0 Å². The molecule has 0 aromatic heterocycles. The molecule has 0 fully saturated rings. The molecule has 2 aromatic carbocycles. The molecule has 0 heterocycles. The van der Waals surface area contributed by atoms with Crippen molar-refractivity contribution in [3.63, 3.8) is 0 Å². The van der Waals surface area contributed by atoms with Gasteiger partial charge in [-0.1, -0.05) is 11.6 Å². The number of halogens is 1. The number of nitrogens with one attached hydrogen (secondary N) is 1. The fourth-order valence-electron chi connectivity index (χ4n) is 1.70.